The van der Waals surface area contributed by atoms with Crippen molar-refractivity contribution in [3.8, 4) is 11.5 Å². The molecule has 0 saturated carbocycles. The zero-order valence-corrected chi connectivity index (χ0v) is 13.1. The van der Waals surface area contributed by atoms with Crippen molar-refractivity contribution in [2.45, 2.75) is 16.5 Å². The zero-order valence-electron chi connectivity index (χ0n) is 10.9. The van der Waals surface area contributed by atoms with Crippen molar-refractivity contribution in [3.63, 3.8) is 0 Å². The highest BCUT2D eigenvalue weighted by Gasteiger charge is 2.36. The van der Waals surface area contributed by atoms with E-state index in [4.69, 9.17) is 4.42 Å². The summed E-state index contributed by atoms with van der Waals surface area (Å²) in [5.74, 6) is -4.42. The third kappa shape index (κ3) is 3.31. The van der Waals surface area contributed by atoms with Gasteiger partial charge in [0.05, 0.1) is 11.3 Å². The Hall–Kier alpha value is -1.45. The van der Waals surface area contributed by atoms with E-state index >= 15 is 0 Å². The van der Waals surface area contributed by atoms with Crippen LogP contribution >= 0.6 is 22.6 Å². The minimum atomic E-state index is -4.54. The molecule has 1 aromatic heterocycles. The number of alkyl halides is 6. The molecule has 0 fully saturated rings. The topological polar surface area (TPSA) is 26.0 Å². The molecule has 1 heterocycles. The zero-order chi connectivity index (χ0) is 16.5. The molecule has 0 N–H and O–H groups in total. The summed E-state index contributed by atoms with van der Waals surface area (Å²) in [7, 11) is 0. The first-order chi connectivity index (χ1) is 10.2. The van der Waals surface area contributed by atoms with Crippen molar-refractivity contribution >= 4 is 22.6 Å². The summed E-state index contributed by atoms with van der Waals surface area (Å²) < 4.78 is 70.6. The molecule has 1 aromatic carbocycles. The number of rotatable bonds is 4. The van der Waals surface area contributed by atoms with Crippen LogP contribution in [0.3, 0.4) is 0 Å². The number of hydrogen-bond donors (Lipinski definition) is 0. The molecule has 2 aromatic rings. The molecular formula is C14H9F5INO. The van der Waals surface area contributed by atoms with E-state index < -0.39 is 23.4 Å². The summed E-state index contributed by atoms with van der Waals surface area (Å²) in [4.78, 5) is 3.87. The molecule has 0 aliphatic rings. The van der Waals surface area contributed by atoms with Gasteiger partial charge in [0, 0.05) is 9.99 Å². The van der Waals surface area contributed by atoms with E-state index in [1.165, 1.54) is 6.07 Å². The first-order valence-corrected chi connectivity index (χ1v) is 7.47. The summed E-state index contributed by atoms with van der Waals surface area (Å²) >= 11 is 1.82. The molecule has 8 heteroatoms. The highest BCUT2D eigenvalue weighted by Crippen LogP contribution is 2.37. The Bertz CT molecular complexity index is 693. The van der Waals surface area contributed by atoms with Gasteiger partial charge in [-0.05, 0) is 24.3 Å². The van der Waals surface area contributed by atoms with Crippen LogP contribution in [0.4, 0.5) is 22.0 Å². The molecule has 118 valence electrons. The van der Waals surface area contributed by atoms with Gasteiger partial charge in [-0.3, -0.25) is 0 Å². The molecule has 2 nitrogen and oxygen atoms in total. The maximum Gasteiger partial charge on any atom is 0.416 e. The van der Waals surface area contributed by atoms with Gasteiger partial charge < -0.3 is 4.42 Å². The number of nitrogens with zero attached hydrogens (tertiary/aromatic N) is 1. The van der Waals surface area contributed by atoms with Gasteiger partial charge in [0.2, 0.25) is 11.7 Å². The Balaban J connectivity index is 2.53. The first-order valence-electron chi connectivity index (χ1n) is 5.94. The van der Waals surface area contributed by atoms with Crippen molar-refractivity contribution in [1.29, 1.82) is 0 Å². The summed E-state index contributed by atoms with van der Waals surface area (Å²) in [5, 5.41) is 0. The molecule has 0 unspecified atom stereocenters. The van der Waals surface area contributed by atoms with Crippen LogP contribution in [0.15, 0.2) is 41.3 Å². The fourth-order valence-electron chi connectivity index (χ4n) is 1.75. The third-order valence-corrected chi connectivity index (χ3v) is 3.54. The van der Waals surface area contributed by atoms with Gasteiger partial charge in [0.25, 0.3) is 0 Å². The van der Waals surface area contributed by atoms with Crippen LogP contribution in [0.1, 0.15) is 17.0 Å². The van der Waals surface area contributed by atoms with Gasteiger partial charge in [-0.15, -0.1) is 0 Å². The van der Waals surface area contributed by atoms with Gasteiger partial charge in [-0.2, -0.15) is 22.0 Å². The molecule has 0 aliphatic heterocycles. The molecule has 0 aliphatic carbocycles. The Morgan fingerprint density at radius 2 is 1.91 bits per heavy atom. The molecule has 2 rings (SSSR count). The average Bonchev–Trinajstić information content (AvgIpc) is 2.91. The molecule has 0 amide bonds. The fourth-order valence-corrected chi connectivity index (χ4v) is 2.26. The summed E-state index contributed by atoms with van der Waals surface area (Å²) in [5.41, 5.74) is -0.957. The number of benzene rings is 1. The van der Waals surface area contributed by atoms with Gasteiger partial charge >= 0.3 is 12.1 Å². The van der Waals surface area contributed by atoms with Gasteiger partial charge in [-0.25, -0.2) is 4.98 Å². The van der Waals surface area contributed by atoms with Gasteiger partial charge in [-0.1, -0.05) is 35.2 Å². The molecule has 0 atom stereocenters. The highest BCUT2D eigenvalue weighted by atomic mass is 127. The largest absolute Gasteiger partial charge is 0.434 e. The molecule has 0 spiro atoms. The van der Waals surface area contributed by atoms with Crippen molar-refractivity contribution in [2.75, 3.05) is 0 Å². The molecule has 0 radical (unpaired) electrons. The van der Waals surface area contributed by atoms with Crippen LogP contribution in [-0.2, 0) is 16.5 Å². The molecule has 0 bridgehead atoms. The van der Waals surface area contributed by atoms with Crippen molar-refractivity contribution in [2.24, 2.45) is 0 Å². The standard InChI is InChI=1S/C14H9F5INO/c1-2-13(15,16)11-10(7-20)21-12(22-11)8-4-3-5-9(6-8)14(17,18)19/h2-6H,1,7H2. The van der Waals surface area contributed by atoms with E-state index in [-0.39, 0.29) is 21.6 Å². The second-order valence-corrected chi connectivity index (χ2v) is 5.10. The number of hydrogen-bond acceptors (Lipinski definition) is 2. The van der Waals surface area contributed by atoms with Crippen LogP contribution in [0, 0.1) is 0 Å². The summed E-state index contributed by atoms with van der Waals surface area (Å²) in [6, 6.07) is 4.16. The second kappa shape index (κ2) is 5.98. The lowest BCUT2D eigenvalue weighted by atomic mass is 10.1. The Morgan fingerprint density at radius 3 is 2.45 bits per heavy atom. The van der Waals surface area contributed by atoms with Crippen LogP contribution < -0.4 is 0 Å². The summed E-state index contributed by atoms with van der Waals surface area (Å²) in [6.07, 6.45) is -4.14. The SMILES string of the molecule is C=CC(F)(F)c1oc(-c2cccc(C(F)(F)F)c2)nc1CI. The van der Waals surface area contributed by atoms with Crippen LogP contribution in [-0.4, -0.2) is 4.98 Å². The van der Waals surface area contributed by atoms with Crippen LogP contribution in [0.2, 0.25) is 0 Å². The number of oxazole rings is 1. The average molecular weight is 429 g/mol. The maximum atomic E-state index is 13.7. The fraction of sp³-hybridized carbons (Fsp3) is 0.214. The van der Waals surface area contributed by atoms with Crippen molar-refractivity contribution in [1.82, 2.24) is 4.98 Å². The minimum absolute atomic E-state index is 0.0213. The third-order valence-electron chi connectivity index (χ3n) is 2.82. The molecular weight excluding hydrogens is 420 g/mol. The monoisotopic (exact) mass is 429 g/mol. The molecule has 22 heavy (non-hydrogen) atoms. The lowest BCUT2D eigenvalue weighted by Crippen LogP contribution is -2.09. The van der Waals surface area contributed by atoms with E-state index in [0.29, 0.717) is 6.08 Å². The predicted molar refractivity (Wildman–Crippen MR) is 78.8 cm³/mol. The Labute approximate surface area is 136 Å². The normalized spacial score (nSPS) is 12.5. The van der Waals surface area contributed by atoms with Crippen LogP contribution in [0.25, 0.3) is 11.5 Å². The quantitative estimate of drug-likeness (QED) is 0.275. The van der Waals surface area contributed by atoms with Gasteiger partial charge in [0.1, 0.15) is 0 Å². The lowest BCUT2D eigenvalue weighted by Gasteiger charge is -2.08. The van der Waals surface area contributed by atoms with Crippen molar-refractivity contribution in [3.05, 3.63) is 53.9 Å². The van der Waals surface area contributed by atoms with E-state index in [2.05, 4.69) is 11.6 Å². The number of allylic oxidation sites excluding steroid dienone is 1. The minimum Gasteiger partial charge on any atom is -0.434 e. The second-order valence-electron chi connectivity index (χ2n) is 4.33. The highest BCUT2D eigenvalue weighted by molar-refractivity contribution is 14.1. The van der Waals surface area contributed by atoms with Gasteiger partial charge in [0.15, 0.2) is 0 Å². The summed E-state index contributed by atoms with van der Waals surface area (Å²) in [6.45, 7) is 3.02. The van der Waals surface area contributed by atoms with Crippen molar-refractivity contribution < 1.29 is 26.4 Å². The van der Waals surface area contributed by atoms with E-state index in [0.717, 1.165) is 18.2 Å². The Kier molecular flexibility index (Phi) is 4.59. The van der Waals surface area contributed by atoms with E-state index in [9.17, 15) is 22.0 Å². The number of halogens is 6. The maximum absolute atomic E-state index is 13.7. The molecule has 0 saturated heterocycles. The Morgan fingerprint density at radius 1 is 1.23 bits per heavy atom. The first kappa shape index (κ1) is 16.9. The van der Waals surface area contributed by atoms with E-state index in [1.54, 1.807) is 0 Å². The predicted octanol–water partition coefficient (Wildman–Crippen LogP) is 5.57. The lowest BCUT2D eigenvalue weighted by molar-refractivity contribution is -0.137. The smallest absolute Gasteiger partial charge is 0.416 e. The van der Waals surface area contributed by atoms with E-state index in [1.807, 2.05) is 22.6 Å². The number of aromatic nitrogens is 1. The van der Waals surface area contributed by atoms with Crippen LogP contribution in [0.5, 0.6) is 0 Å².